The summed E-state index contributed by atoms with van der Waals surface area (Å²) in [5, 5.41) is 1.24. The van der Waals surface area contributed by atoms with E-state index in [9.17, 15) is 8.42 Å². The molecule has 1 saturated heterocycles. The number of fused-ring (bicyclic) bond motifs is 3. The van der Waals surface area contributed by atoms with Crippen LogP contribution in [0.1, 0.15) is 49.4 Å². The summed E-state index contributed by atoms with van der Waals surface area (Å²) in [5.41, 5.74) is 1.45. The van der Waals surface area contributed by atoms with Gasteiger partial charge < -0.3 is 4.90 Å². The number of unbranched alkanes of at least 4 members (excludes halogenated alkanes) is 1. The third kappa shape index (κ3) is 3.91. The second-order valence-corrected chi connectivity index (χ2v) is 11.3. The minimum Gasteiger partial charge on any atom is -0.353 e. The topological polar surface area (TPSA) is 66.4 Å². The largest absolute Gasteiger partial charge is 0.353 e. The molecular formula is C20H30N4O2S2. The third-order valence-electron chi connectivity index (χ3n) is 5.94. The van der Waals surface area contributed by atoms with Gasteiger partial charge in [0.15, 0.2) is 0 Å². The zero-order chi connectivity index (χ0) is 19.9. The molecule has 8 heteroatoms. The molecule has 0 spiro atoms. The Morgan fingerprint density at radius 1 is 1.18 bits per heavy atom. The number of hydrogen-bond acceptors (Lipinski definition) is 6. The zero-order valence-electron chi connectivity index (χ0n) is 17.1. The summed E-state index contributed by atoms with van der Waals surface area (Å²) < 4.78 is 25.3. The van der Waals surface area contributed by atoms with Gasteiger partial charge in [-0.05, 0) is 37.2 Å². The van der Waals surface area contributed by atoms with Gasteiger partial charge in [0.2, 0.25) is 10.0 Å². The van der Waals surface area contributed by atoms with Crippen LogP contribution in [0.2, 0.25) is 0 Å². The molecule has 0 bridgehead atoms. The minimum atomic E-state index is -3.13. The van der Waals surface area contributed by atoms with E-state index in [4.69, 9.17) is 9.97 Å². The van der Waals surface area contributed by atoms with Crippen molar-refractivity contribution in [3.63, 3.8) is 0 Å². The molecule has 1 aliphatic carbocycles. The fraction of sp³-hybridized carbons (Fsp3) is 0.700. The Balaban J connectivity index is 1.73. The Bertz CT molecular complexity index is 962. The van der Waals surface area contributed by atoms with Crippen LogP contribution in [0, 0.1) is 5.92 Å². The quantitative estimate of drug-likeness (QED) is 0.740. The summed E-state index contributed by atoms with van der Waals surface area (Å²) in [6.07, 6.45) is 7.88. The summed E-state index contributed by atoms with van der Waals surface area (Å²) in [6.45, 7) is 6.95. The highest BCUT2D eigenvalue weighted by Crippen LogP contribution is 2.41. The Hall–Kier alpha value is -1.25. The second-order valence-electron chi connectivity index (χ2n) is 8.25. The van der Waals surface area contributed by atoms with E-state index in [1.165, 1.54) is 28.5 Å². The molecule has 2 aromatic rings. The van der Waals surface area contributed by atoms with Crippen molar-refractivity contribution < 1.29 is 8.42 Å². The zero-order valence-corrected chi connectivity index (χ0v) is 18.7. The van der Waals surface area contributed by atoms with E-state index in [2.05, 4.69) is 18.7 Å². The van der Waals surface area contributed by atoms with Gasteiger partial charge in [0, 0.05) is 37.5 Å². The molecule has 1 aliphatic heterocycles. The highest BCUT2D eigenvalue weighted by molar-refractivity contribution is 7.88. The molecule has 0 amide bonds. The average molecular weight is 423 g/mol. The molecule has 1 atom stereocenters. The van der Waals surface area contributed by atoms with Crippen molar-refractivity contribution >= 4 is 37.4 Å². The molecule has 1 fully saturated rings. The van der Waals surface area contributed by atoms with Crippen LogP contribution in [0.3, 0.4) is 0 Å². The lowest BCUT2D eigenvalue weighted by atomic mass is 9.89. The molecule has 28 heavy (non-hydrogen) atoms. The summed E-state index contributed by atoms with van der Waals surface area (Å²) >= 11 is 1.85. The molecule has 0 N–H and O–H groups in total. The van der Waals surface area contributed by atoms with Gasteiger partial charge in [-0.15, -0.1) is 11.3 Å². The number of aryl methyl sites for hydroxylation is 2. The maximum atomic E-state index is 11.9. The number of rotatable bonds is 5. The van der Waals surface area contributed by atoms with Crippen LogP contribution in [-0.4, -0.2) is 55.1 Å². The molecule has 4 rings (SSSR count). The molecular weight excluding hydrogens is 392 g/mol. The first kappa shape index (κ1) is 20.0. The molecule has 3 heterocycles. The molecule has 2 aliphatic rings. The molecule has 6 nitrogen and oxygen atoms in total. The third-order valence-corrected chi connectivity index (χ3v) is 8.39. The fourth-order valence-corrected chi connectivity index (χ4v) is 6.50. The maximum absolute atomic E-state index is 11.9. The van der Waals surface area contributed by atoms with E-state index >= 15 is 0 Å². The van der Waals surface area contributed by atoms with E-state index in [0.29, 0.717) is 26.2 Å². The van der Waals surface area contributed by atoms with Crippen molar-refractivity contribution in [3.8, 4) is 0 Å². The van der Waals surface area contributed by atoms with Gasteiger partial charge in [0.25, 0.3) is 0 Å². The van der Waals surface area contributed by atoms with Crippen molar-refractivity contribution in [2.75, 3.05) is 37.3 Å². The Morgan fingerprint density at radius 3 is 2.61 bits per heavy atom. The SMILES string of the molecule is CCCCc1nc(N2CCN(S(C)(=O)=O)CC2)c2c3c(sc2n1)C[C@H](C)CC3. The summed E-state index contributed by atoms with van der Waals surface area (Å²) in [5.74, 6) is 2.70. The summed E-state index contributed by atoms with van der Waals surface area (Å²) in [7, 11) is -3.13. The molecule has 0 radical (unpaired) electrons. The molecule has 2 aromatic heterocycles. The number of aromatic nitrogens is 2. The number of anilines is 1. The average Bonchev–Trinajstić information content (AvgIpc) is 3.02. The molecule has 0 saturated carbocycles. The van der Waals surface area contributed by atoms with Crippen LogP contribution in [0.15, 0.2) is 0 Å². The van der Waals surface area contributed by atoms with E-state index in [1.807, 2.05) is 11.3 Å². The first-order valence-electron chi connectivity index (χ1n) is 10.4. The number of piperazine rings is 1. The lowest BCUT2D eigenvalue weighted by Crippen LogP contribution is -2.48. The summed E-state index contributed by atoms with van der Waals surface area (Å²) in [4.78, 5) is 14.8. The van der Waals surface area contributed by atoms with Crippen molar-refractivity contribution in [2.45, 2.75) is 52.4 Å². The summed E-state index contributed by atoms with van der Waals surface area (Å²) in [6, 6.07) is 0. The standard InChI is InChI=1S/C20H30N4O2S2/c1-4-5-6-17-21-19(23-9-11-24(12-10-23)28(3,25)26)18-15-8-7-14(2)13-16(15)27-20(18)22-17/h14H,4-13H2,1-3H3/t14-/m1/s1. The van der Waals surface area contributed by atoms with E-state index < -0.39 is 10.0 Å². The van der Waals surface area contributed by atoms with Crippen LogP contribution in [0.4, 0.5) is 5.82 Å². The van der Waals surface area contributed by atoms with Gasteiger partial charge in [0.1, 0.15) is 16.5 Å². The van der Waals surface area contributed by atoms with Gasteiger partial charge >= 0.3 is 0 Å². The van der Waals surface area contributed by atoms with Crippen molar-refractivity contribution in [1.29, 1.82) is 0 Å². The van der Waals surface area contributed by atoms with Gasteiger partial charge in [-0.2, -0.15) is 4.31 Å². The van der Waals surface area contributed by atoms with Gasteiger partial charge in [-0.3, -0.25) is 0 Å². The van der Waals surface area contributed by atoms with Crippen LogP contribution in [-0.2, 0) is 29.3 Å². The fourth-order valence-electron chi connectivity index (χ4n) is 4.27. The predicted octanol–water partition coefficient (Wildman–Crippen LogP) is 3.24. The van der Waals surface area contributed by atoms with Crippen LogP contribution in [0.25, 0.3) is 10.2 Å². The smallest absolute Gasteiger partial charge is 0.211 e. The van der Waals surface area contributed by atoms with Crippen molar-refractivity contribution in [1.82, 2.24) is 14.3 Å². The maximum Gasteiger partial charge on any atom is 0.211 e. The number of nitrogens with zero attached hydrogens (tertiary/aromatic N) is 4. The Labute approximate surface area is 172 Å². The van der Waals surface area contributed by atoms with E-state index in [1.54, 1.807) is 4.31 Å². The first-order valence-corrected chi connectivity index (χ1v) is 13.0. The molecule has 154 valence electrons. The van der Waals surface area contributed by atoms with Gasteiger partial charge in [0.05, 0.1) is 11.6 Å². The predicted molar refractivity (Wildman–Crippen MR) is 116 cm³/mol. The van der Waals surface area contributed by atoms with Crippen molar-refractivity contribution in [3.05, 3.63) is 16.3 Å². The highest BCUT2D eigenvalue weighted by Gasteiger charge is 2.29. The number of hydrogen-bond donors (Lipinski definition) is 0. The van der Waals surface area contributed by atoms with E-state index in [-0.39, 0.29) is 0 Å². The molecule has 0 unspecified atom stereocenters. The lowest BCUT2D eigenvalue weighted by Gasteiger charge is -2.34. The second kappa shape index (κ2) is 7.88. The Kier molecular flexibility index (Phi) is 5.64. The lowest BCUT2D eigenvalue weighted by molar-refractivity contribution is 0.387. The van der Waals surface area contributed by atoms with Gasteiger partial charge in [-0.1, -0.05) is 20.3 Å². The number of sulfonamides is 1. The monoisotopic (exact) mass is 422 g/mol. The normalized spacial score (nSPS) is 21.2. The highest BCUT2D eigenvalue weighted by atomic mass is 32.2. The van der Waals surface area contributed by atoms with Crippen LogP contribution in [0.5, 0.6) is 0 Å². The molecule has 0 aromatic carbocycles. The number of thiophene rings is 1. The van der Waals surface area contributed by atoms with E-state index in [0.717, 1.165) is 54.5 Å². The van der Waals surface area contributed by atoms with Crippen LogP contribution < -0.4 is 4.90 Å². The minimum absolute atomic E-state index is 0.526. The Morgan fingerprint density at radius 2 is 1.93 bits per heavy atom. The van der Waals surface area contributed by atoms with Gasteiger partial charge in [-0.25, -0.2) is 18.4 Å². The van der Waals surface area contributed by atoms with Crippen LogP contribution >= 0.6 is 11.3 Å². The first-order chi connectivity index (χ1) is 13.4. The van der Waals surface area contributed by atoms with Crippen molar-refractivity contribution in [2.24, 2.45) is 5.92 Å².